The molecule has 1 aliphatic heterocycles. The Morgan fingerprint density at radius 1 is 1.35 bits per heavy atom. The molecule has 2 rings (SSSR count). The van der Waals surface area contributed by atoms with Gasteiger partial charge in [0.25, 0.3) is 0 Å². The molecule has 5 atom stereocenters. The highest BCUT2D eigenvalue weighted by molar-refractivity contribution is 14.1. The van der Waals surface area contributed by atoms with Gasteiger partial charge in [0.2, 0.25) is 0 Å². The van der Waals surface area contributed by atoms with Crippen LogP contribution in [-0.2, 0) is 22.7 Å². The number of nitrogens with zero attached hydrogens (tertiary/aromatic N) is 2. The van der Waals surface area contributed by atoms with Crippen LogP contribution in [0.2, 0.25) is 0 Å². The number of hydrogen-bond acceptors (Lipinski definition) is 12. The van der Waals surface area contributed by atoms with Crippen molar-refractivity contribution >= 4 is 38.2 Å². The van der Waals surface area contributed by atoms with Gasteiger partial charge in [-0.3, -0.25) is 13.4 Å². The van der Waals surface area contributed by atoms with Crippen molar-refractivity contribution in [2.75, 3.05) is 6.61 Å². The zero-order chi connectivity index (χ0) is 19.9. The van der Waals surface area contributed by atoms with E-state index in [1.807, 2.05) is 0 Å². The molecule has 0 amide bonds. The van der Waals surface area contributed by atoms with Crippen molar-refractivity contribution in [1.29, 1.82) is 0 Å². The van der Waals surface area contributed by atoms with E-state index in [1.165, 1.54) is 0 Å². The predicted octanol–water partition coefficient (Wildman–Crippen LogP) is -3.50. The SMILES string of the molecule is O=c1nc([O-])c(I)cn1C1OC(COP(=O)(O)OP(=O)([O-])[O-])C(O)C1O. The summed E-state index contributed by atoms with van der Waals surface area (Å²) >= 11 is 1.58. The molecule has 0 saturated carbocycles. The van der Waals surface area contributed by atoms with E-state index in [4.69, 9.17) is 9.63 Å². The van der Waals surface area contributed by atoms with Gasteiger partial charge in [-0.05, 0) is 22.6 Å². The van der Waals surface area contributed by atoms with Crippen LogP contribution < -0.4 is 20.6 Å². The van der Waals surface area contributed by atoms with Gasteiger partial charge in [-0.2, -0.15) is 0 Å². The fraction of sp³-hybridized carbons (Fsp3) is 0.556. The zero-order valence-electron chi connectivity index (χ0n) is 12.3. The van der Waals surface area contributed by atoms with Crippen molar-refractivity contribution in [2.24, 2.45) is 0 Å². The van der Waals surface area contributed by atoms with Gasteiger partial charge in [0.05, 0.1) is 14.4 Å². The summed E-state index contributed by atoms with van der Waals surface area (Å²) in [5.41, 5.74) is -1.08. The molecular formula is C9H10IN2O12P2-3. The lowest BCUT2D eigenvalue weighted by atomic mass is 10.1. The number of halogens is 1. The van der Waals surface area contributed by atoms with Crippen molar-refractivity contribution in [3.05, 3.63) is 20.3 Å². The molecule has 1 aromatic rings. The summed E-state index contributed by atoms with van der Waals surface area (Å²) in [4.78, 5) is 44.7. The van der Waals surface area contributed by atoms with Crippen LogP contribution >= 0.6 is 38.2 Å². The maximum absolute atomic E-state index is 11.8. The Kier molecular flexibility index (Phi) is 6.63. The fourth-order valence-electron chi connectivity index (χ4n) is 2.03. The normalized spacial score (nSPS) is 28.8. The van der Waals surface area contributed by atoms with Gasteiger partial charge in [-0.1, -0.05) is 0 Å². The van der Waals surface area contributed by atoms with Gasteiger partial charge < -0.3 is 39.3 Å². The van der Waals surface area contributed by atoms with Crippen molar-refractivity contribution in [1.82, 2.24) is 9.55 Å². The minimum Gasteiger partial charge on any atom is -0.858 e. The van der Waals surface area contributed by atoms with Gasteiger partial charge in [0.1, 0.15) is 18.3 Å². The molecule has 26 heavy (non-hydrogen) atoms. The van der Waals surface area contributed by atoms with E-state index in [-0.39, 0.29) is 3.57 Å². The molecule has 5 unspecified atom stereocenters. The Hall–Kier alpha value is -0.450. The number of phosphoric acid groups is 2. The number of ether oxygens (including phenoxy) is 1. The summed E-state index contributed by atoms with van der Waals surface area (Å²) in [7, 11) is -11.1. The van der Waals surface area contributed by atoms with Gasteiger partial charge in [0.15, 0.2) is 6.23 Å². The van der Waals surface area contributed by atoms with Crippen LogP contribution in [0.4, 0.5) is 0 Å². The third-order valence-electron chi connectivity index (χ3n) is 3.09. The molecule has 0 bridgehead atoms. The lowest BCUT2D eigenvalue weighted by Gasteiger charge is -2.30. The molecule has 2 heterocycles. The van der Waals surface area contributed by atoms with E-state index in [0.717, 1.165) is 10.8 Å². The Labute approximate surface area is 158 Å². The zero-order valence-corrected chi connectivity index (χ0v) is 16.2. The van der Waals surface area contributed by atoms with Crippen LogP contribution in [0.3, 0.4) is 0 Å². The largest absolute Gasteiger partial charge is 0.858 e. The maximum Gasteiger partial charge on any atom is 0.476 e. The smallest absolute Gasteiger partial charge is 0.476 e. The first-order chi connectivity index (χ1) is 11.8. The number of aliphatic hydroxyl groups is 2. The van der Waals surface area contributed by atoms with Crippen molar-refractivity contribution in [2.45, 2.75) is 24.5 Å². The van der Waals surface area contributed by atoms with Crippen molar-refractivity contribution in [3.63, 3.8) is 0 Å². The molecule has 0 aliphatic carbocycles. The third kappa shape index (κ3) is 5.30. The molecular weight excluding hydrogens is 517 g/mol. The number of phosphoric ester groups is 1. The molecule has 3 N–H and O–H groups in total. The van der Waals surface area contributed by atoms with Crippen LogP contribution in [0.15, 0.2) is 11.0 Å². The molecule has 1 aromatic heterocycles. The Morgan fingerprint density at radius 2 is 1.96 bits per heavy atom. The molecule has 17 heteroatoms. The second-order valence-electron chi connectivity index (χ2n) is 4.92. The molecule has 0 radical (unpaired) electrons. The van der Waals surface area contributed by atoms with E-state index < -0.39 is 58.4 Å². The average Bonchev–Trinajstić information content (AvgIpc) is 2.75. The molecule has 1 fully saturated rings. The maximum atomic E-state index is 11.8. The van der Waals surface area contributed by atoms with E-state index in [2.05, 4.69) is 13.8 Å². The highest BCUT2D eigenvalue weighted by Crippen LogP contribution is 2.54. The van der Waals surface area contributed by atoms with Gasteiger partial charge in [0, 0.05) is 15.6 Å². The molecule has 14 nitrogen and oxygen atoms in total. The number of hydrogen-bond donors (Lipinski definition) is 3. The van der Waals surface area contributed by atoms with Crippen LogP contribution in [0.25, 0.3) is 0 Å². The van der Waals surface area contributed by atoms with Crippen molar-refractivity contribution < 1.29 is 52.7 Å². The summed E-state index contributed by atoms with van der Waals surface area (Å²) in [6, 6.07) is 0. The summed E-state index contributed by atoms with van der Waals surface area (Å²) in [6.07, 6.45) is -5.46. The van der Waals surface area contributed by atoms with E-state index in [1.54, 1.807) is 22.6 Å². The first-order valence-corrected chi connectivity index (χ1v) is 10.5. The van der Waals surface area contributed by atoms with Crippen LogP contribution in [-0.4, -0.2) is 49.6 Å². The minimum absolute atomic E-state index is 0.0158. The van der Waals surface area contributed by atoms with Gasteiger partial charge in [-0.25, -0.2) is 14.3 Å². The quantitative estimate of drug-likeness (QED) is 0.241. The predicted molar refractivity (Wildman–Crippen MR) is 81.1 cm³/mol. The number of rotatable bonds is 6. The molecule has 1 saturated heterocycles. The van der Waals surface area contributed by atoms with E-state index >= 15 is 0 Å². The van der Waals surface area contributed by atoms with Gasteiger partial charge >= 0.3 is 13.5 Å². The summed E-state index contributed by atoms with van der Waals surface area (Å²) in [6.45, 7) is -0.971. The van der Waals surface area contributed by atoms with Crippen molar-refractivity contribution in [3.8, 4) is 5.88 Å². The molecule has 0 aromatic carbocycles. The lowest BCUT2D eigenvalue weighted by molar-refractivity contribution is -0.334. The second kappa shape index (κ2) is 7.89. The van der Waals surface area contributed by atoms with E-state index in [0.29, 0.717) is 0 Å². The Balaban J connectivity index is 2.13. The first kappa shape index (κ1) is 21.8. The first-order valence-electron chi connectivity index (χ1n) is 6.49. The second-order valence-corrected chi connectivity index (χ2v) is 8.83. The number of aromatic nitrogens is 2. The molecule has 1 aliphatic rings. The standard InChI is InChI=1S/C9H13IN2O12P2/c10-3-1-12(9(16)11-7(3)15)8-6(14)5(13)4(23-8)2-22-26(20,21)24-25(17,18)19/h1,4-6,8,13-14H,2H2,(H,20,21)(H,11,15,16)(H2,17,18,19)/p-3. The lowest BCUT2D eigenvalue weighted by Crippen LogP contribution is -2.36. The third-order valence-corrected chi connectivity index (χ3v) is 5.93. The van der Waals surface area contributed by atoms with Crippen LogP contribution in [0.1, 0.15) is 6.23 Å². The minimum atomic E-state index is -5.83. The Bertz CT molecular complexity index is 825. The molecule has 148 valence electrons. The molecule has 0 spiro atoms. The van der Waals surface area contributed by atoms with Crippen LogP contribution in [0, 0.1) is 3.57 Å². The summed E-state index contributed by atoms with van der Waals surface area (Å²) < 4.78 is 35.1. The fourth-order valence-corrected chi connectivity index (χ4v) is 3.98. The highest BCUT2D eigenvalue weighted by Gasteiger charge is 2.45. The summed E-state index contributed by atoms with van der Waals surface area (Å²) in [5, 5.41) is 31.2. The summed E-state index contributed by atoms with van der Waals surface area (Å²) in [5.74, 6) is -0.808. The van der Waals surface area contributed by atoms with Gasteiger partial charge in [-0.15, -0.1) is 0 Å². The topological polar surface area (TPSA) is 227 Å². The van der Waals surface area contributed by atoms with Crippen LogP contribution in [0.5, 0.6) is 5.88 Å². The van der Waals surface area contributed by atoms with E-state index in [9.17, 15) is 39.0 Å². The highest BCUT2D eigenvalue weighted by atomic mass is 127. The number of aliphatic hydroxyl groups excluding tert-OH is 2. The average molecular weight is 527 g/mol. The Morgan fingerprint density at radius 3 is 2.54 bits per heavy atom. The monoisotopic (exact) mass is 527 g/mol.